The van der Waals surface area contributed by atoms with Gasteiger partial charge in [0.15, 0.2) is 11.6 Å². The van der Waals surface area contributed by atoms with Crippen LogP contribution in [-0.2, 0) is 9.59 Å². The first-order valence-electron chi connectivity index (χ1n) is 6.69. The zero-order chi connectivity index (χ0) is 14.3. The minimum Gasteiger partial charge on any atom is -0.295 e. The number of Topliss-reactive ketones (excluding diaryl/α,β-unsaturated/α-hetero) is 1. The normalized spacial score (nSPS) is 18.7. The van der Waals surface area contributed by atoms with Crippen molar-refractivity contribution in [3.8, 4) is 0 Å². The molecule has 2 heteroatoms. The Balaban J connectivity index is 0.000000873. The quantitative estimate of drug-likeness (QED) is 0.686. The van der Waals surface area contributed by atoms with Crippen LogP contribution in [0.5, 0.6) is 0 Å². The lowest BCUT2D eigenvalue weighted by atomic mass is 9.72. The van der Waals surface area contributed by atoms with Crippen molar-refractivity contribution in [3.05, 3.63) is 23.3 Å². The predicted octanol–water partition coefficient (Wildman–Crippen LogP) is 4.25. The maximum absolute atomic E-state index is 11.6. The highest BCUT2D eigenvalue weighted by atomic mass is 16.1. The highest BCUT2D eigenvalue weighted by Crippen LogP contribution is 2.39. The van der Waals surface area contributed by atoms with Gasteiger partial charge in [-0.1, -0.05) is 40.2 Å². The molecule has 0 spiro atoms. The number of hydrogen-bond donors (Lipinski definition) is 0. The van der Waals surface area contributed by atoms with E-state index >= 15 is 0 Å². The van der Waals surface area contributed by atoms with Crippen LogP contribution in [0.15, 0.2) is 23.3 Å². The summed E-state index contributed by atoms with van der Waals surface area (Å²) in [4.78, 5) is 22.5. The summed E-state index contributed by atoms with van der Waals surface area (Å²) in [6.45, 7) is 11.8. The third-order valence-electron chi connectivity index (χ3n) is 3.01. The van der Waals surface area contributed by atoms with Crippen molar-refractivity contribution in [3.63, 3.8) is 0 Å². The fourth-order valence-electron chi connectivity index (χ4n) is 1.96. The molecule has 102 valence electrons. The average molecular weight is 250 g/mol. The van der Waals surface area contributed by atoms with E-state index in [0.29, 0.717) is 6.42 Å². The van der Waals surface area contributed by atoms with Gasteiger partial charge in [-0.15, -0.1) is 0 Å². The average Bonchev–Trinajstić information content (AvgIpc) is 2.24. The zero-order valence-corrected chi connectivity index (χ0v) is 12.6. The molecule has 0 aromatic carbocycles. The molecule has 0 aromatic heterocycles. The molecule has 0 unspecified atom stereocenters. The van der Waals surface area contributed by atoms with E-state index in [4.69, 9.17) is 0 Å². The summed E-state index contributed by atoms with van der Waals surface area (Å²) < 4.78 is 0. The molecule has 0 radical (unpaired) electrons. The Bertz CT molecular complexity index is 371. The molecule has 0 saturated heterocycles. The monoisotopic (exact) mass is 250 g/mol. The van der Waals surface area contributed by atoms with Crippen LogP contribution < -0.4 is 0 Å². The van der Waals surface area contributed by atoms with Crippen LogP contribution in [0.25, 0.3) is 0 Å². The van der Waals surface area contributed by atoms with Crippen molar-refractivity contribution in [2.75, 3.05) is 0 Å². The SMILES string of the molecule is CC(=O)/C=C/C1=C(C)C(=O)CCC1(C)C.CCC. The maximum atomic E-state index is 11.6. The van der Waals surface area contributed by atoms with Gasteiger partial charge >= 0.3 is 0 Å². The molecule has 0 aromatic rings. The second-order valence-electron chi connectivity index (χ2n) is 5.50. The third kappa shape index (κ3) is 4.99. The molecule has 0 atom stereocenters. The van der Waals surface area contributed by atoms with Crippen molar-refractivity contribution in [1.82, 2.24) is 0 Å². The molecule has 0 heterocycles. The smallest absolute Gasteiger partial charge is 0.158 e. The van der Waals surface area contributed by atoms with Gasteiger partial charge in [-0.2, -0.15) is 0 Å². The van der Waals surface area contributed by atoms with E-state index in [1.165, 1.54) is 13.3 Å². The van der Waals surface area contributed by atoms with Crippen LogP contribution >= 0.6 is 0 Å². The van der Waals surface area contributed by atoms with Gasteiger partial charge in [-0.3, -0.25) is 9.59 Å². The highest BCUT2D eigenvalue weighted by Gasteiger charge is 2.30. The first-order chi connectivity index (χ1) is 8.26. The van der Waals surface area contributed by atoms with Crippen molar-refractivity contribution < 1.29 is 9.59 Å². The molecular weight excluding hydrogens is 224 g/mol. The molecule has 0 amide bonds. The Hall–Kier alpha value is -1.18. The summed E-state index contributed by atoms with van der Waals surface area (Å²) in [5.41, 5.74) is 1.82. The summed E-state index contributed by atoms with van der Waals surface area (Å²) in [6, 6.07) is 0. The van der Waals surface area contributed by atoms with Gasteiger partial charge in [-0.25, -0.2) is 0 Å². The van der Waals surface area contributed by atoms with Crippen LogP contribution in [-0.4, -0.2) is 11.6 Å². The number of carbonyl (C=O) groups is 2. The van der Waals surface area contributed by atoms with E-state index in [0.717, 1.165) is 17.6 Å². The molecule has 18 heavy (non-hydrogen) atoms. The Morgan fingerprint density at radius 3 is 2.28 bits per heavy atom. The lowest BCUT2D eigenvalue weighted by molar-refractivity contribution is -0.116. The first-order valence-corrected chi connectivity index (χ1v) is 6.69. The van der Waals surface area contributed by atoms with Crippen LogP contribution in [0.3, 0.4) is 0 Å². The molecule has 0 saturated carbocycles. The lowest BCUT2D eigenvalue weighted by Crippen LogP contribution is -2.24. The lowest BCUT2D eigenvalue weighted by Gasteiger charge is -2.31. The number of rotatable bonds is 2. The number of carbonyl (C=O) groups excluding carboxylic acids is 2. The van der Waals surface area contributed by atoms with E-state index in [1.807, 2.05) is 6.92 Å². The van der Waals surface area contributed by atoms with Crippen molar-refractivity contribution in [1.29, 1.82) is 0 Å². The van der Waals surface area contributed by atoms with Crippen LogP contribution in [0, 0.1) is 5.41 Å². The zero-order valence-electron chi connectivity index (χ0n) is 12.6. The highest BCUT2D eigenvalue weighted by molar-refractivity contribution is 5.97. The Morgan fingerprint density at radius 2 is 1.83 bits per heavy atom. The number of allylic oxidation sites excluding steroid dienone is 4. The fourth-order valence-corrected chi connectivity index (χ4v) is 1.96. The summed E-state index contributed by atoms with van der Waals surface area (Å²) in [5, 5.41) is 0. The molecule has 2 nitrogen and oxygen atoms in total. The van der Waals surface area contributed by atoms with E-state index < -0.39 is 0 Å². The van der Waals surface area contributed by atoms with E-state index in [-0.39, 0.29) is 17.0 Å². The topological polar surface area (TPSA) is 34.1 Å². The molecule has 0 fully saturated rings. The van der Waals surface area contributed by atoms with Gasteiger partial charge in [0.2, 0.25) is 0 Å². The molecule has 0 aliphatic heterocycles. The van der Waals surface area contributed by atoms with Gasteiger partial charge < -0.3 is 0 Å². The van der Waals surface area contributed by atoms with Gasteiger partial charge in [0, 0.05) is 6.42 Å². The molecule has 1 rings (SSSR count). The van der Waals surface area contributed by atoms with Gasteiger partial charge in [0.1, 0.15) is 0 Å². The molecule has 1 aliphatic carbocycles. The summed E-state index contributed by atoms with van der Waals surface area (Å²) in [7, 11) is 0. The minimum absolute atomic E-state index is 0.00391. The fraction of sp³-hybridized carbons (Fsp3) is 0.625. The predicted molar refractivity (Wildman–Crippen MR) is 76.5 cm³/mol. The van der Waals surface area contributed by atoms with Crippen molar-refractivity contribution in [2.24, 2.45) is 5.41 Å². The Labute approximate surface area is 111 Å². The van der Waals surface area contributed by atoms with Crippen LogP contribution in [0.1, 0.15) is 60.8 Å². The van der Waals surface area contributed by atoms with E-state index in [9.17, 15) is 9.59 Å². The Kier molecular flexibility index (Phi) is 6.82. The van der Waals surface area contributed by atoms with E-state index in [1.54, 1.807) is 12.2 Å². The summed E-state index contributed by atoms with van der Waals surface area (Å²) in [5.74, 6) is 0.224. The molecule has 0 bridgehead atoms. The number of hydrogen-bond acceptors (Lipinski definition) is 2. The van der Waals surface area contributed by atoms with Crippen LogP contribution in [0.4, 0.5) is 0 Å². The molecule has 1 aliphatic rings. The summed E-state index contributed by atoms with van der Waals surface area (Å²) >= 11 is 0. The second kappa shape index (κ2) is 7.30. The maximum Gasteiger partial charge on any atom is 0.158 e. The molecule has 0 N–H and O–H groups in total. The Morgan fingerprint density at radius 1 is 1.33 bits per heavy atom. The van der Waals surface area contributed by atoms with Crippen molar-refractivity contribution in [2.45, 2.75) is 60.8 Å². The van der Waals surface area contributed by atoms with Crippen molar-refractivity contribution >= 4 is 11.6 Å². The standard InChI is InChI=1S/C13H18O2.C3H8/c1-9(14)5-6-11-10(2)12(15)7-8-13(11,3)4;1-3-2/h5-6H,7-8H2,1-4H3;3H2,1-2H3/b6-5+;. The second-order valence-corrected chi connectivity index (χ2v) is 5.50. The third-order valence-corrected chi connectivity index (χ3v) is 3.01. The van der Waals surface area contributed by atoms with Crippen LogP contribution in [0.2, 0.25) is 0 Å². The number of ketones is 2. The van der Waals surface area contributed by atoms with E-state index in [2.05, 4.69) is 27.7 Å². The van der Waals surface area contributed by atoms with Gasteiger partial charge in [0.05, 0.1) is 0 Å². The first kappa shape index (κ1) is 16.8. The largest absolute Gasteiger partial charge is 0.295 e. The summed E-state index contributed by atoms with van der Waals surface area (Å²) in [6.07, 6.45) is 6.07. The minimum atomic E-state index is 0.00391. The molecular formula is C16H26O2. The van der Waals surface area contributed by atoms with Gasteiger partial charge in [0.25, 0.3) is 0 Å². The van der Waals surface area contributed by atoms with Gasteiger partial charge in [-0.05, 0) is 42.9 Å².